The summed E-state index contributed by atoms with van der Waals surface area (Å²) < 4.78 is 7.79. The Balaban J connectivity index is 1.36. The zero-order valence-electron chi connectivity index (χ0n) is 16.5. The number of piperidine rings is 1. The van der Waals surface area contributed by atoms with Gasteiger partial charge in [0.25, 0.3) is 5.56 Å². The van der Waals surface area contributed by atoms with Crippen LogP contribution in [0.4, 0.5) is 0 Å². The summed E-state index contributed by atoms with van der Waals surface area (Å²) in [6, 6.07) is 8.20. The number of nitrogens with zero attached hydrogens (tertiary/aromatic N) is 2. The largest absolute Gasteiger partial charge is 0.462 e. The first kappa shape index (κ1) is 18.2. The molecule has 5 rings (SSSR count). The average Bonchev–Trinajstić information content (AvgIpc) is 3.17. The standard InChI is InChI=1S/C23H30N2O3/c26-15-20-7-6-19(28-20)14-24-11-16-10-18(13-24)22-9-8-21(23(27)25(22)12-16)17-4-2-1-3-5-17/h6-9,16-18,26H,1-5,10-15H2/t16-,18+/m0/s1. The van der Waals surface area contributed by atoms with Crippen LogP contribution in [-0.2, 0) is 19.7 Å². The van der Waals surface area contributed by atoms with Crippen molar-refractivity contribution >= 4 is 0 Å². The molecule has 2 aromatic rings. The van der Waals surface area contributed by atoms with Gasteiger partial charge in [0.15, 0.2) is 0 Å². The Morgan fingerprint density at radius 1 is 0.964 bits per heavy atom. The Bertz CT molecular complexity index is 893. The topological polar surface area (TPSA) is 58.6 Å². The van der Waals surface area contributed by atoms with Gasteiger partial charge in [-0.3, -0.25) is 9.69 Å². The highest BCUT2D eigenvalue weighted by molar-refractivity contribution is 5.25. The minimum absolute atomic E-state index is 0.0507. The van der Waals surface area contributed by atoms with E-state index < -0.39 is 0 Å². The van der Waals surface area contributed by atoms with Crippen molar-refractivity contribution in [3.63, 3.8) is 0 Å². The van der Waals surface area contributed by atoms with Gasteiger partial charge in [0.2, 0.25) is 0 Å². The average molecular weight is 383 g/mol. The molecule has 4 heterocycles. The SMILES string of the molecule is O=c1c(C2CCCCC2)ccc2n1C[C@H]1C[C@@H]2CN(Cc2ccc(CO)o2)C1. The number of fused-ring (bicyclic) bond motifs is 4. The second-order valence-corrected chi connectivity index (χ2v) is 8.98. The number of hydrogen-bond acceptors (Lipinski definition) is 4. The predicted octanol–water partition coefficient (Wildman–Crippen LogP) is 3.60. The summed E-state index contributed by atoms with van der Waals surface area (Å²) in [5, 5.41) is 9.20. The van der Waals surface area contributed by atoms with Gasteiger partial charge in [0, 0.05) is 36.8 Å². The van der Waals surface area contributed by atoms with E-state index in [2.05, 4.69) is 21.6 Å². The van der Waals surface area contributed by atoms with E-state index in [9.17, 15) is 9.90 Å². The highest BCUT2D eigenvalue weighted by atomic mass is 16.4. The van der Waals surface area contributed by atoms with Crippen LogP contribution in [0.25, 0.3) is 0 Å². The van der Waals surface area contributed by atoms with E-state index in [1.807, 2.05) is 12.1 Å². The third-order valence-electron chi connectivity index (χ3n) is 7.01. The van der Waals surface area contributed by atoms with Crippen LogP contribution in [-0.4, -0.2) is 27.7 Å². The lowest BCUT2D eigenvalue weighted by molar-refractivity contribution is 0.106. The summed E-state index contributed by atoms with van der Waals surface area (Å²) in [5.74, 6) is 2.95. The van der Waals surface area contributed by atoms with Gasteiger partial charge in [-0.15, -0.1) is 0 Å². The van der Waals surface area contributed by atoms with Crippen molar-refractivity contribution in [2.24, 2.45) is 5.92 Å². The lowest BCUT2D eigenvalue weighted by Gasteiger charge is -2.43. The molecule has 2 fully saturated rings. The number of aromatic nitrogens is 1. The molecule has 2 bridgehead atoms. The fraction of sp³-hybridized carbons (Fsp3) is 0.609. The first-order valence-electron chi connectivity index (χ1n) is 10.9. The van der Waals surface area contributed by atoms with Crippen LogP contribution in [0, 0.1) is 5.92 Å². The summed E-state index contributed by atoms with van der Waals surface area (Å²) in [7, 11) is 0. The van der Waals surface area contributed by atoms with Gasteiger partial charge in [0.1, 0.15) is 18.1 Å². The quantitative estimate of drug-likeness (QED) is 0.878. The summed E-state index contributed by atoms with van der Waals surface area (Å²) in [4.78, 5) is 15.7. The first-order valence-corrected chi connectivity index (χ1v) is 10.9. The second-order valence-electron chi connectivity index (χ2n) is 8.98. The number of aliphatic hydroxyl groups is 1. The maximum Gasteiger partial charge on any atom is 0.254 e. The molecule has 5 nitrogen and oxygen atoms in total. The lowest BCUT2D eigenvalue weighted by atomic mass is 9.81. The molecule has 2 aliphatic heterocycles. The molecule has 150 valence electrons. The van der Waals surface area contributed by atoms with Crippen molar-refractivity contribution in [2.75, 3.05) is 13.1 Å². The van der Waals surface area contributed by atoms with E-state index in [-0.39, 0.29) is 12.2 Å². The van der Waals surface area contributed by atoms with Gasteiger partial charge in [-0.2, -0.15) is 0 Å². The molecule has 1 N–H and O–H groups in total. The van der Waals surface area contributed by atoms with Gasteiger partial charge in [0.05, 0.1) is 6.54 Å². The molecule has 28 heavy (non-hydrogen) atoms. The predicted molar refractivity (Wildman–Crippen MR) is 107 cm³/mol. The zero-order valence-corrected chi connectivity index (χ0v) is 16.5. The Labute approximate surface area is 166 Å². The van der Waals surface area contributed by atoms with Crippen molar-refractivity contribution < 1.29 is 9.52 Å². The summed E-state index contributed by atoms with van der Waals surface area (Å²) in [5.41, 5.74) is 2.57. The van der Waals surface area contributed by atoms with E-state index >= 15 is 0 Å². The number of aliphatic hydroxyl groups excluding tert-OH is 1. The van der Waals surface area contributed by atoms with Gasteiger partial charge >= 0.3 is 0 Å². The summed E-state index contributed by atoms with van der Waals surface area (Å²) >= 11 is 0. The van der Waals surface area contributed by atoms with Crippen molar-refractivity contribution in [2.45, 2.75) is 70.1 Å². The van der Waals surface area contributed by atoms with E-state index in [1.165, 1.54) is 44.2 Å². The minimum Gasteiger partial charge on any atom is -0.462 e. The van der Waals surface area contributed by atoms with Crippen LogP contribution in [0.5, 0.6) is 0 Å². The van der Waals surface area contributed by atoms with Crippen LogP contribution in [0.1, 0.15) is 73.1 Å². The fourth-order valence-corrected chi connectivity index (χ4v) is 5.73. The van der Waals surface area contributed by atoms with Crippen LogP contribution >= 0.6 is 0 Å². The summed E-state index contributed by atoms with van der Waals surface area (Å²) in [6.45, 7) is 3.54. The fourth-order valence-electron chi connectivity index (χ4n) is 5.73. The smallest absolute Gasteiger partial charge is 0.254 e. The third-order valence-corrected chi connectivity index (χ3v) is 7.01. The molecule has 0 aromatic carbocycles. The third kappa shape index (κ3) is 3.35. The highest BCUT2D eigenvalue weighted by Gasteiger charge is 2.35. The Hall–Kier alpha value is -1.85. The van der Waals surface area contributed by atoms with E-state index in [1.54, 1.807) is 0 Å². The van der Waals surface area contributed by atoms with Gasteiger partial charge in [-0.05, 0) is 49.3 Å². The van der Waals surface area contributed by atoms with Crippen molar-refractivity contribution in [3.05, 3.63) is 57.4 Å². The van der Waals surface area contributed by atoms with Gasteiger partial charge in [-0.1, -0.05) is 25.3 Å². The first-order chi connectivity index (χ1) is 13.7. The summed E-state index contributed by atoms with van der Waals surface area (Å²) in [6.07, 6.45) is 7.37. The van der Waals surface area contributed by atoms with Crippen LogP contribution in [0.3, 0.4) is 0 Å². The van der Waals surface area contributed by atoms with Crippen LogP contribution < -0.4 is 5.56 Å². The Kier molecular flexibility index (Phi) is 4.89. The van der Waals surface area contributed by atoms with Crippen LogP contribution in [0.2, 0.25) is 0 Å². The van der Waals surface area contributed by atoms with E-state index in [0.29, 0.717) is 23.5 Å². The molecule has 1 saturated carbocycles. The monoisotopic (exact) mass is 382 g/mol. The molecule has 2 aromatic heterocycles. The van der Waals surface area contributed by atoms with Gasteiger partial charge < -0.3 is 14.1 Å². The maximum atomic E-state index is 13.3. The molecular weight excluding hydrogens is 352 g/mol. The minimum atomic E-state index is -0.0507. The Morgan fingerprint density at radius 3 is 2.57 bits per heavy atom. The molecule has 2 atom stereocenters. The molecule has 1 saturated heterocycles. The zero-order chi connectivity index (χ0) is 19.1. The molecule has 1 aliphatic carbocycles. The number of furan rings is 1. The molecule has 0 amide bonds. The maximum absolute atomic E-state index is 13.3. The van der Waals surface area contributed by atoms with Crippen molar-refractivity contribution in [3.8, 4) is 0 Å². The molecular formula is C23H30N2O3. The molecule has 5 heteroatoms. The number of likely N-dealkylation sites (tertiary alicyclic amines) is 1. The van der Waals surface area contributed by atoms with Crippen LogP contribution in [0.15, 0.2) is 33.5 Å². The van der Waals surface area contributed by atoms with Gasteiger partial charge in [-0.25, -0.2) is 0 Å². The normalized spacial score (nSPS) is 25.6. The molecule has 0 unspecified atom stereocenters. The van der Waals surface area contributed by atoms with E-state index in [0.717, 1.165) is 37.5 Å². The highest BCUT2D eigenvalue weighted by Crippen LogP contribution is 2.37. The number of hydrogen-bond donors (Lipinski definition) is 1. The van der Waals surface area contributed by atoms with Crippen molar-refractivity contribution in [1.29, 1.82) is 0 Å². The second kappa shape index (κ2) is 7.53. The Morgan fingerprint density at radius 2 is 1.79 bits per heavy atom. The van der Waals surface area contributed by atoms with E-state index in [4.69, 9.17) is 4.42 Å². The number of rotatable bonds is 4. The molecule has 0 radical (unpaired) electrons. The molecule has 3 aliphatic rings. The lowest BCUT2D eigenvalue weighted by Crippen LogP contribution is -2.47. The van der Waals surface area contributed by atoms with Crippen molar-refractivity contribution in [1.82, 2.24) is 9.47 Å². The molecule has 0 spiro atoms. The number of pyridine rings is 1.